The first-order chi connectivity index (χ1) is 12.2. The smallest absolute Gasteiger partial charge is 0.188 e. The summed E-state index contributed by atoms with van der Waals surface area (Å²) in [5.74, 6) is 4.06. The molecular weight excluding hydrogens is 420 g/mol. The second-order valence-electron chi connectivity index (χ2n) is 5.23. The molecule has 0 atom stereocenters. The van der Waals surface area contributed by atoms with Crippen molar-refractivity contribution in [2.75, 3.05) is 24.6 Å². The average molecular weight is 443 g/mol. The van der Waals surface area contributed by atoms with Gasteiger partial charge in [-0.3, -0.25) is 10.4 Å². The maximum Gasteiger partial charge on any atom is 0.188 e. The van der Waals surface area contributed by atoms with Crippen molar-refractivity contribution in [3.8, 4) is 0 Å². The van der Waals surface area contributed by atoms with Crippen LogP contribution in [-0.4, -0.2) is 45.5 Å². The van der Waals surface area contributed by atoms with Gasteiger partial charge in [-0.25, -0.2) is 4.98 Å². The van der Waals surface area contributed by atoms with Gasteiger partial charge in [0, 0.05) is 52.5 Å². The highest BCUT2D eigenvalue weighted by atomic mass is 79.9. The Balaban J connectivity index is 1.46. The number of hydrogen-bond acceptors (Lipinski definition) is 5. The number of pyridine rings is 1. The van der Waals surface area contributed by atoms with E-state index in [4.69, 9.17) is 5.41 Å². The van der Waals surface area contributed by atoms with Gasteiger partial charge in [0.2, 0.25) is 0 Å². The van der Waals surface area contributed by atoms with E-state index < -0.39 is 0 Å². The minimum Gasteiger partial charge on any atom is -0.356 e. The first-order valence-electron chi connectivity index (χ1n) is 7.97. The Labute approximate surface area is 165 Å². The predicted octanol–water partition coefficient (Wildman–Crippen LogP) is 3.16. The maximum absolute atomic E-state index is 7.85. The lowest BCUT2D eigenvalue weighted by Crippen LogP contribution is -2.38. The monoisotopic (exact) mass is 442 g/mol. The molecule has 2 aromatic heterocycles. The molecule has 136 valence electrons. The fourth-order valence-corrected chi connectivity index (χ4v) is 4.24. The van der Waals surface area contributed by atoms with Gasteiger partial charge in [0.1, 0.15) is 0 Å². The Morgan fingerprint density at radius 2 is 1.92 bits per heavy atom. The normalized spacial score (nSPS) is 10.6. The molecule has 2 aromatic rings. The summed E-state index contributed by atoms with van der Waals surface area (Å²) in [7, 11) is 0. The maximum atomic E-state index is 7.85. The van der Waals surface area contributed by atoms with E-state index in [2.05, 4.69) is 41.5 Å². The number of nitrogens with zero attached hydrogens (tertiary/aromatic N) is 2. The summed E-state index contributed by atoms with van der Waals surface area (Å²) in [4.78, 5) is 11.7. The van der Waals surface area contributed by atoms with Crippen LogP contribution in [0.1, 0.15) is 17.1 Å². The van der Waals surface area contributed by atoms with E-state index in [1.807, 2.05) is 37.0 Å². The second kappa shape index (κ2) is 11.4. The number of halogens is 1. The van der Waals surface area contributed by atoms with Crippen LogP contribution >= 0.6 is 39.5 Å². The van der Waals surface area contributed by atoms with Gasteiger partial charge in [-0.2, -0.15) is 23.5 Å². The van der Waals surface area contributed by atoms with Crippen LogP contribution in [0, 0.1) is 12.3 Å². The number of hydrogen-bond donors (Lipinski definition) is 4. The molecule has 0 spiro atoms. The molecule has 2 rings (SSSR count). The number of nitrogens with one attached hydrogen (secondary N) is 4. The lowest BCUT2D eigenvalue weighted by molar-refractivity contribution is 0.858. The number of guanidine groups is 1. The molecule has 0 aliphatic carbocycles. The van der Waals surface area contributed by atoms with E-state index >= 15 is 0 Å². The molecule has 9 heteroatoms. The van der Waals surface area contributed by atoms with Crippen LogP contribution in [0.25, 0.3) is 0 Å². The van der Waals surface area contributed by atoms with Crippen LogP contribution in [-0.2, 0) is 11.5 Å². The number of rotatable bonds is 10. The average Bonchev–Trinajstić information content (AvgIpc) is 3.01. The fraction of sp³-hybridized carbons (Fsp3) is 0.438. The molecule has 25 heavy (non-hydrogen) atoms. The van der Waals surface area contributed by atoms with E-state index in [0.717, 1.165) is 52.0 Å². The third kappa shape index (κ3) is 7.70. The molecular formula is C16H23BrN6S2. The van der Waals surface area contributed by atoms with E-state index in [1.54, 1.807) is 18.1 Å². The van der Waals surface area contributed by atoms with Crippen LogP contribution in [0.15, 0.2) is 29.1 Å². The summed E-state index contributed by atoms with van der Waals surface area (Å²) in [5.41, 5.74) is 3.30. The van der Waals surface area contributed by atoms with Gasteiger partial charge in [0.15, 0.2) is 5.96 Å². The Hall–Kier alpha value is -1.19. The molecule has 0 fully saturated rings. The largest absolute Gasteiger partial charge is 0.356 e. The zero-order chi connectivity index (χ0) is 17.9. The highest BCUT2D eigenvalue weighted by Gasteiger charge is 2.02. The zero-order valence-corrected chi connectivity index (χ0v) is 17.4. The number of aromatic amines is 1. The summed E-state index contributed by atoms with van der Waals surface area (Å²) in [6.45, 7) is 3.55. The van der Waals surface area contributed by atoms with Gasteiger partial charge >= 0.3 is 0 Å². The lowest BCUT2D eigenvalue weighted by Gasteiger charge is -2.10. The van der Waals surface area contributed by atoms with Crippen molar-refractivity contribution >= 4 is 45.4 Å². The Bertz CT molecular complexity index is 664. The van der Waals surface area contributed by atoms with Crippen LogP contribution in [0.5, 0.6) is 0 Å². The molecule has 0 aliphatic heterocycles. The molecule has 0 aliphatic rings. The first-order valence-corrected chi connectivity index (χ1v) is 11.1. The summed E-state index contributed by atoms with van der Waals surface area (Å²) >= 11 is 7.13. The van der Waals surface area contributed by atoms with Gasteiger partial charge in [-0.05, 0) is 35.0 Å². The topological polar surface area (TPSA) is 89.5 Å². The fourth-order valence-electron chi connectivity index (χ4n) is 1.96. The number of thioether (sulfide) groups is 2. The first kappa shape index (κ1) is 20.1. The molecule has 0 aromatic carbocycles. The van der Waals surface area contributed by atoms with Crippen LogP contribution in [0.4, 0.5) is 0 Å². The summed E-state index contributed by atoms with van der Waals surface area (Å²) in [6, 6.07) is 3.92. The quantitative estimate of drug-likeness (QED) is 0.256. The van der Waals surface area contributed by atoms with Gasteiger partial charge in [-0.15, -0.1) is 0 Å². The van der Waals surface area contributed by atoms with Crippen molar-refractivity contribution in [3.63, 3.8) is 0 Å². The standard InChI is InChI=1S/C16H23BrN6S2/c1-12-14(23-11-22-12)9-24-7-5-20-16(18)21-6-8-25-10-15-13(17)3-2-4-19-15/h2-4,11H,5-10H2,1H3,(H,22,23)(H3,18,20,21). The van der Waals surface area contributed by atoms with Crippen molar-refractivity contribution in [2.45, 2.75) is 18.4 Å². The van der Waals surface area contributed by atoms with Gasteiger partial charge < -0.3 is 15.6 Å². The van der Waals surface area contributed by atoms with Gasteiger partial charge in [0.25, 0.3) is 0 Å². The number of imidazole rings is 1. The van der Waals surface area contributed by atoms with Crippen molar-refractivity contribution in [3.05, 3.63) is 46.2 Å². The number of aromatic nitrogens is 3. The van der Waals surface area contributed by atoms with Crippen molar-refractivity contribution in [1.82, 2.24) is 25.6 Å². The highest BCUT2D eigenvalue weighted by Crippen LogP contribution is 2.18. The molecule has 0 radical (unpaired) electrons. The van der Waals surface area contributed by atoms with Crippen molar-refractivity contribution in [1.29, 1.82) is 5.41 Å². The molecule has 4 N–H and O–H groups in total. The Morgan fingerprint density at radius 1 is 1.20 bits per heavy atom. The molecule has 6 nitrogen and oxygen atoms in total. The van der Waals surface area contributed by atoms with Crippen LogP contribution < -0.4 is 10.6 Å². The third-order valence-electron chi connectivity index (χ3n) is 3.35. The van der Waals surface area contributed by atoms with Gasteiger partial charge in [0.05, 0.1) is 17.7 Å². The summed E-state index contributed by atoms with van der Waals surface area (Å²) in [6.07, 6.45) is 3.54. The number of aryl methyl sites for hydroxylation is 1. The minimum atomic E-state index is 0.387. The molecule has 0 bridgehead atoms. The minimum absolute atomic E-state index is 0.387. The lowest BCUT2D eigenvalue weighted by atomic mass is 10.4. The summed E-state index contributed by atoms with van der Waals surface area (Å²) < 4.78 is 1.05. The molecule has 0 saturated heterocycles. The molecule has 0 unspecified atom stereocenters. The number of H-pyrrole nitrogens is 1. The van der Waals surface area contributed by atoms with Crippen molar-refractivity contribution in [2.24, 2.45) is 0 Å². The predicted molar refractivity (Wildman–Crippen MR) is 111 cm³/mol. The van der Waals surface area contributed by atoms with E-state index in [9.17, 15) is 0 Å². The molecule has 2 heterocycles. The SMILES string of the molecule is Cc1nc[nH]c1CSCCNC(=N)NCCSCc1ncccc1Br. The third-order valence-corrected chi connectivity index (χ3v) is 6.03. The van der Waals surface area contributed by atoms with Gasteiger partial charge in [-0.1, -0.05) is 0 Å². The second-order valence-corrected chi connectivity index (χ2v) is 8.30. The Kier molecular flexibility index (Phi) is 9.20. The van der Waals surface area contributed by atoms with Crippen LogP contribution in [0.3, 0.4) is 0 Å². The molecule has 0 saturated carbocycles. The summed E-state index contributed by atoms with van der Waals surface area (Å²) in [5, 5.41) is 14.0. The zero-order valence-electron chi connectivity index (χ0n) is 14.1. The highest BCUT2D eigenvalue weighted by molar-refractivity contribution is 9.10. The molecule has 0 amide bonds. The van der Waals surface area contributed by atoms with E-state index in [0.29, 0.717) is 5.96 Å². The van der Waals surface area contributed by atoms with E-state index in [1.165, 1.54) is 5.69 Å². The Morgan fingerprint density at radius 3 is 2.56 bits per heavy atom. The van der Waals surface area contributed by atoms with Crippen molar-refractivity contribution < 1.29 is 0 Å². The van der Waals surface area contributed by atoms with E-state index in [-0.39, 0.29) is 0 Å². The van der Waals surface area contributed by atoms with Crippen LogP contribution in [0.2, 0.25) is 0 Å².